The molecule has 3 nitrogen and oxygen atoms in total. The van der Waals surface area contributed by atoms with E-state index in [0.717, 1.165) is 18.9 Å². The summed E-state index contributed by atoms with van der Waals surface area (Å²) in [4.78, 5) is 7.30. The fourth-order valence-electron chi connectivity index (χ4n) is 4.05. The van der Waals surface area contributed by atoms with Crippen LogP contribution >= 0.6 is 0 Å². The van der Waals surface area contributed by atoms with Gasteiger partial charge in [0, 0.05) is 37.1 Å². The topological polar surface area (TPSA) is 21.1 Å². The summed E-state index contributed by atoms with van der Waals surface area (Å²) in [5.74, 6) is 1.78. The fraction of sp³-hybridized carbons (Fsp3) is 0.348. The fourth-order valence-corrected chi connectivity index (χ4v) is 4.05. The van der Waals surface area contributed by atoms with Gasteiger partial charge < -0.3 is 4.57 Å². The molecule has 1 aliphatic heterocycles. The SMILES string of the molecule is Cc1cnc(-c2ccccc2)n1CC1CCCN(Cc2ccccc2)C1. The van der Waals surface area contributed by atoms with Crippen LogP contribution in [0.4, 0.5) is 0 Å². The van der Waals surface area contributed by atoms with E-state index in [0.29, 0.717) is 5.92 Å². The van der Waals surface area contributed by atoms with Gasteiger partial charge in [0.05, 0.1) is 0 Å². The van der Waals surface area contributed by atoms with Gasteiger partial charge in [-0.3, -0.25) is 4.90 Å². The van der Waals surface area contributed by atoms with Crippen LogP contribution in [0.1, 0.15) is 24.1 Å². The zero-order valence-electron chi connectivity index (χ0n) is 15.5. The predicted octanol–water partition coefficient (Wildman–Crippen LogP) is 4.77. The van der Waals surface area contributed by atoms with Crippen LogP contribution in [0.15, 0.2) is 66.9 Å². The molecule has 0 radical (unpaired) electrons. The van der Waals surface area contributed by atoms with Crippen molar-refractivity contribution >= 4 is 0 Å². The van der Waals surface area contributed by atoms with Crippen LogP contribution in [0.5, 0.6) is 0 Å². The molecule has 3 aromatic rings. The van der Waals surface area contributed by atoms with Crippen LogP contribution < -0.4 is 0 Å². The Kier molecular flexibility index (Phi) is 5.16. The lowest BCUT2D eigenvalue weighted by Crippen LogP contribution is -2.36. The molecule has 1 aliphatic rings. The van der Waals surface area contributed by atoms with E-state index >= 15 is 0 Å². The number of aromatic nitrogens is 2. The quantitative estimate of drug-likeness (QED) is 0.664. The van der Waals surface area contributed by atoms with Crippen LogP contribution in [0.3, 0.4) is 0 Å². The number of likely N-dealkylation sites (tertiary alicyclic amines) is 1. The lowest BCUT2D eigenvalue weighted by atomic mass is 9.97. The summed E-state index contributed by atoms with van der Waals surface area (Å²) in [5, 5.41) is 0. The van der Waals surface area contributed by atoms with Gasteiger partial charge in [0.15, 0.2) is 0 Å². The van der Waals surface area contributed by atoms with Gasteiger partial charge in [0.2, 0.25) is 0 Å². The van der Waals surface area contributed by atoms with E-state index in [1.54, 1.807) is 0 Å². The van der Waals surface area contributed by atoms with Crippen molar-refractivity contribution in [3.63, 3.8) is 0 Å². The molecule has 3 heteroatoms. The summed E-state index contributed by atoms with van der Waals surface area (Å²) in [6.07, 6.45) is 4.59. The molecule has 1 saturated heterocycles. The maximum Gasteiger partial charge on any atom is 0.140 e. The van der Waals surface area contributed by atoms with E-state index in [1.165, 1.54) is 42.8 Å². The average molecular weight is 345 g/mol. The first-order chi connectivity index (χ1) is 12.8. The minimum atomic E-state index is 0.683. The Balaban J connectivity index is 1.47. The normalized spacial score (nSPS) is 18.1. The lowest BCUT2D eigenvalue weighted by molar-refractivity contribution is 0.156. The van der Waals surface area contributed by atoms with Crippen molar-refractivity contribution in [1.29, 1.82) is 0 Å². The number of benzene rings is 2. The lowest BCUT2D eigenvalue weighted by Gasteiger charge is -2.33. The van der Waals surface area contributed by atoms with Crippen molar-refractivity contribution < 1.29 is 0 Å². The molecule has 1 atom stereocenters. The van der Waals surface area contributed by atoms with Gasteiger partial charge in [0.1, 0.15) is 5.82 Å². The highest BCUT2D eigenvalue weighted by molar-refractivity contribution is 5.55. The van der Waals surface area contributed by atoms with Gasteiger partial charge in [-0.2, -0.15) is 0 Å². The molecule has 1 unspecified atom stereocenters. The number of hydrogen-bond donors (Lipinski definition) is 0. The highest BCUT2D eigenvalue weighted by Crippen LogP contribution is 2.25. The molecule has 26 heavy (non-hydrogen) atoms. The summed E-state index contributed by atoms with van der Waals surface area (Å²) in [6, 6.07) is 21.4. The Bertz CT molecular complexity index is 823. The predicted molar refractivity (Wildman–Crippen MR) is 107 cm³/mol. The largest absolute Gasteiger partial charge is 0.328 e. The standard InChI is InChI=1S/C23H27N3/c1-19-15-24-23(22-12-6-3-7-13-22)26(19)18-21-11-8-14-25(17-21)16-20-9-4-2-5-10-20/h2-7,9-10,12-13,15,21H,8,11,14,16-18H2,1H3. The van der Waals surface area contributed by atoms with E-state index in [1.807, 2.05) is 6.20 Å². The van der Waals surface area contributed by atoms with Crippen LogP contribution in [-0.2, 0) is 13.1 Å². The zero-order valence-corrected chi connectivity index (χ0v) is 15.5. The first-order valence-corrected chi connectivity index (χ1v) is 9.63. The first-order valence-electron chi connectivity index (χ1n) is 9.63. The number of imidazole rings is 1. The van der Waals surface area contributed by atoms with E-state index in [9.17, 15) is 0 Å². The van der Waals surface area contributed by atoms with Crippen molar-refractivity contribution in [3.05, 3.63) is 78.1 Å². The monoisotopic (exact) mass is 345 g/mol. The number of piperidine rings is 1. The molecule has 134 valence electrons. The molecular formula is C23H27N3. The molecule has 0 N–H and O–H groups in total. The van der Waals surface area contributed by atoms with Crippen molar-refractivity contribution in [3.8, 4) is 11.4 Å². The molecule has 2 aromatic carbocycles. The van der Waals surface area contributed by atoms with Crippen molar-refractivity contribution in [2.45, 2.75) is 32.9 Å². The highest BCUT2D eigenvalue weighted by Gasteiger charge is 2.22. The van der Waals surface area contributed by atoms with E-state index in [-0.39, 0.29) is 0 Å². The molecule has 1 aromatic heterocycles. The molecule has 0 aliphatic carbocycles. The second-order valence-corrected chi connectivity index (χ2v) is 7.43. The number of hydrogen-bond acceptors (Lipinski definition) is 2. The number of nitrogens with zero attached hydrogens (tertiary/aromatic N) is 3. The summed E-state index contributed by atoms with van der Waals surface area (Å²) in [7, 11) is 0. The van der Waals surface area contributed by atoms with Crippen LogP contribution in [0.2, 0.25) is 0 Å². The second-order valence-electron chi connectivity index (χ2n) is 7.43. The summed E-state index contributed by atoms with van der Waals surface area (Å²) in [6.45, 7) is 6.66. The molecule has 4 rings (SSSR count). The minimum Gasteiger partial charge on any atom is -0.328 e. The molecule has 0 bridgehead atoms. The third kappa shape index (κ3) is 3.88. The van der Waals surface area contributed by atoms with Crippen molar-refractivity contribution in [1.82, 2.24) is 14.5 Å². The van der Waals surface area contributed by atoms with Gasteiger partial charge in [-0.25, -0.2) is 4.98 Å². The Hall–Kier alpha value is -2.39. The Labute approximate surface area is 156 Å². The molecule has 2 heterocycles. The molecule has 0 saturated carbocycles. The van der Waals surface area contributed by atoms with Crippen molar-refractivity contribution in [2.24, 2.45) is 5.92 Å². The van der Waals surface area contributed by atoms with Gasteiger partial charge in [-0.1, -0.05) is 60.7 Å². The van der Waals surface area contributed by atoms with Crippen molar-refractivity contribution in [2.75, 3.05) is 13.1 Å². The molecular weight excluding hydrogens is 318 g/mol. The Morgan fingerprint density at radius 1 is 1.00 bits per heavy atom. The third-order valence-corrected chi connectivity index (χ3v) is 5.38. The summed E-state index contributed by atoms with van der Waals surface area (Å²) in [5.41, 5.74) is 3.87. The average Bonchev–Trinajstić information content (AvgIpc) is 3.04. The van der Waals surface area contributed by atoms with E-state index < -0.39 is 0 Å². The molecule has 0 spiro atoms. The van der Waals surface area contributed by atoms with Crippen LogP contribution in [-0.4, -0.2) is 27.5 Å². The van der Waals surface area contributed by atoms with Gasteiger partial charge in [0.25, 0.3) is 0 Å². The summed E-state index contributed by atoms with van der Waals surface area (Å²) >= 11 is 0. The second kappa shape index (κ2) is 7.88. The van der Waals surface area contributed by atoms with Crippen LogP contribution in [0.25, 0.3) is 11.4 Å². The Morgan fingerprint density at radius 2 is 1.73 bits per heavy atom. The maximum atomic E-state index is 4.69. The maximum absolute atomic E-state index is 4.69. The third-order valence-electron chi connectivity index (χ3n) is 5.38. The number of aryl methyl sites for hydroxylation is 1. The summed E-state index contributed by atoms with van der Waals surface area (Å²) < 4.78 is 2.41. The molecule has 0 amide bonds. The Morgan fingerprint density at radius 3 is 2.50 bits per heavy atom. The first kappa shape index (κ1) is 17.0. The van der Waals surface area contributed by atoms with Gasteiger partial charge in [-0.15, -0.1) is 0 Å². The van der Waals surface area contributed by atoms with E-state index in [4.69, 9.17) is 0 Å². The minimum absolute atomic E-state index is 0.683. The molecule has 1 fully saturated rings. The highest BCUT2D eigenvalue weighted by atomic mass is 15.1. The van der Waals surface area contributed by atoms with Crippen LogP contribution in [0, 0.1) is 12.8 Å². The zero-order chi connectivity index (χ0) is 17.8. The number of rotatable bonds is 5. The van der Waals surface area contributed by atoms with E-state index in [2.05, 4.69) is 82.0 Å². The van der Waals surface area contributed by atoms with Gasteiger partial charge in [-0.05, 0) is 37.8 Å². The smallest absolute Gasteiger partial charge is 0.140 e. The van der Waals surface area contributed by atoms with Gasteiger partial charge >= 0.3 is 0 Å².